The third kappa shape index (κ3) is 2.76. The van der Waals surface area contributed by atoms with Crippen molar-refractivity contribution in [3.63, 3.8) is 0 Å². The Balaban J connectivity index is 2.00. The van der Waals surface area contributed by atoms with Crippen molar-refractivity contribution >= 4 is 11.7 Å². The van der Waals surface area contributed by atoms with E-state index in [0.717, 1.165) is 32.0 Å². The lowest BCUT2D eigenvalue weighted by atomic mass is 10.0. The van der Waals surface area contributed by atoms with Gasteiger partial charge in [-0.15, -0.1) is 0 Å². The van der Waals surface area contributed by atoms with E-state index in [1.807, 2.05) is 19.9 Å². The molecule has 1 aromatic rings. The van der Waals surface area contributed by atoms with Crippen LogP contribution < -0.4 is 10.6 Å². The van der Waals surface area contributed by atoms with E-state index in [9.17, 15) is 0 Å². The number of hydrogen-bond donors (Lipinski definition) is 2. The molecule has 0 saturated carbocycles. The first-order chi connectivity index (χ1) is 9.05. The summed E-state index contributed by atoms with van der Waals surface area (Å²) in [6.45, 7) is 7.32. The van der Waals surface area contributed by atoms with Gasteiger partial charge in [0, 0.05) is 32.4 Å². The third-order valence-corrected chi connectivity index (χ3v) is 3.70. The quantitative estimate of drug-likeness (QED) is 0.349. The third-order valence-electron chi connectivity index (χ3n) is 3.70. The molecule has 104 valence electrons. The van der Waals surface area contributed by atoms with Gasteiger partial charge in [-0.3, -0.25) is 4.90 Å². The molecule has 0 unspecified atom stereocenters. The van der Waals surface area contributed by atoms with Crippen LogP contribution in [0.1, 0.15) is 13.8 Å². The smallest absolute Gasteiger partial charge is 0.159 e. The summed E-state index contributed by atoms with van der Waals surface area (Å²) >= 11 is 0. The molecule has 0 spiro atoms. The summed E-state index contributed by atoms with van der Waals surface area (Å²) in [6.07, 6.45) is 3.30. The van der Waals surface area contributed by atoms with E-state index in [1.54, 1.807) is 12.5 Å². The van der Waals surface area contributed by atoms with Gasteiger partial charge >= 0.3 is 0 Å². The average molecular weight is 264 g/mol. The number of oxime groups is 1. The van der Waals surface area contributed by atoms with E-state index in [1.165, 1.54) is 0 Å². The Morgan fingerprint density at radius 1 is 1.37 bits per heavy atom. The Morgan fingerprint density at radius 2 is 2.05 bits per heavy atom. The normalized spacial score (nSPS) is 18.6. The Hall–Kier alpha value is -1.89. The zero-order valence-electron chi connectivity index (χ0n) is 11.3. The van der Waals surface area contributed by atoms with Crippen molar-refractivity contribution in [1.82, 2.24) is 14.9 Å². The van der Waals surface area contributed by atoms with E-state index in [-0.39, 0.29) is 5.84 Å². The molecular formula is C12H20N6O. The van der Waals surface area contributed by atoms with Crippen molar-refractivity contribution in [1.29, 1.82) is 0 Å². The standard InChI is InChI=1S/C12H20N6O/c1-12(2,11(13)16-19)18-7-5-17(6-8-18)10-3-4-14-9-15-10/h3-4,9,19H,5-8H2,1-2H3,(H2,13,16). The van der Waals surface area contributed by atoms with Gasteiger partial charge in [-0.2, -0.15) is 0 Å². The Labute approximate surface area is 112 Å². The first kappa shape index (κ1) is 13.5. The largest absolute Gasteiger partial charge is 0.409 e. The molecule has 1 aliphatic heterocycles. The SMILES string of the molecule is CC(C)(C(N)=NO)N1CCN(c2ccncn2)CC1. The maximum atomic E-state index is 8.84. The maximum Gasteiger partial charge on any atom is 0.159 e. The first-order valence-electron chi connectivity index (χ1n) is 6.29. The average Bonchev–Trinajstić information content (AvgIpc) is 2.47. The fraction of sp³-hybridized carbons (Fsp3) is 0.583. The molecule has 0 radical (unpaired) electrons. The molecule has 1 saturated heterocycles. The van der Waals surface area contributed by atoms with Gasteiger partial charge in [-0.25, -0.2) is 9.97 Å². The highest BCUT2D eigenvalue weighted by Crippen LogP contribution is 2.19. The minimum absolute atomic E-state index is 0.239. The second-order valence-electron chi connectivity index (χ2n) is 5.09. The molecule has 1 fully saturated rings. The van der Waals surface area contributed by atoms with Crippen molar-refractivity contribution in [2.75, 3.05) is 31.1 Å². The molecule has 0 aliphatic carbocycles. The Bertz CT molecular complexity index is 439. The van der Waals surface area contributed by atoms with Gasteiger partial charge in [0.1, 0.15) is 12.1 Å². The highest BCUT2D eigenvalue weighted by atomic mass is 16.4. The van der Waals surface area contributed by atoms with Crippen molar-refractivity contribution < 1.29 is 5.21 Å². The summed E-state index contributed by atoms with van der Waals surface area (Å²) in [5, 5.41) is 12.0. The van der Waals surface area contributed by atoms with Gasteiger partial charge in [0.05, 0.1) is 5.54 Å². The lowest BCUT2D eigenvalue weighted by Gasteiger charge is -2.43. The zero-order chi connectivity index (χ0) is 13.9. The molecule has 7 nitrogen and oxygen atoms in total. The Morgan fingerprint density at radius 3 is 2.58 bits per heavy atom. The van der Waals surface area contributed by atoms with Crippen molar-refractivity contribution in [3.8, 4) is 0 Å². The first-order valence-corrected chi connectivity index (χ1v) is 6.29. The van der Waals surface area contributed by atoms with E-state index < -0.39 is 5.54 Å². The van der Waals surface area contributed by atoms with Gasteiger partial charge in [0.15, 0.2) is 5.84 Å². The summed E-state index contributed by atoms with van der Waals surface area (Å²) in [6, 6.07) is 1.91. The number of piperazine rings is 1. The number of rotatable bonds is 3. The van der Waals surface area contributed by atoms with Crippen LogP contribution in [0.4, 0.5) is 5.82 Å². The summed E-state index contributed by atoms with van der Waals surface area (Å²) in [7, 11) is 0. The second kappa shape index (κ2) is 5.40. The number of aromatic nitrogens is 2. The van der Waals surface area contributed by atoms with Crippen molar-refractivity contribution in [2.45, 2.75) is 19.4 Å². The molecule has 0 amide bonds. The predicted octanol–water partition coefficient (Wildman–Crippen LogP) is 0.124. The van der Waals surface area contributed by atoms with E-state index >= 15 is 0 Å². The van der Waals surface area contributed by atoms with Crippen LogP contribution in [0.3, 0.4) is 0 Å². The van der Waals surface area contributed by atoms with Gasteiger partial charge in [-0.05, 0) is 19.9 Å². The topological polar surface area (TPSA) is 90.9 Å². The monoisotopic (exact) mass is 264 g/mol. The van der Waals surface area contributed by atoms with Gasteiger partial charge in [0.25, 0.3) is 0 Å². The van der Waals surface area contributed by atoms with Crippen LogP contribution in [0, 0.1) is 0 Å². The second-order valence-corrected chi connectivity index (χ2v) is 5.09. The van der Waals surface area contributed by atoms with E-state index in [4.69, 9.17) is 10.9 Å². The van der Waals surface area contributed by atoms with Crippen LogP contribution in [0.25, 0.3) is 0 Å². The molecule has 1 aliphatic rings. The number of hydrogen-bond acceptors (Lipinski definition) is 6. The number of amidine groups is 1. The van der Waals surface area contributed by atoms with Crippen LogP contribution in [-0.2, 0) is 0 Å². The molecule has 2 rings (SSSR count). The van der Waals surface area contributed by atoms with Gasteiger partial charge in [-0.1, -0.05) is 5.16 Å². The van der Waals surface area contributed by atoms with E-state index in [0.29, 0.717) is 0 Å². The summed E-state index contributed by atoms with van der Waals surface area (Å²) < 4.78 is 0. The van der Waals surface area contributed by atoms with Crippen LogP contribution in [0.2, 0.25) is 0 Å². The number of anilines is 1. The number of nitrogens with two attached hydrogens (primary N) is 1. The molecule has 19 heavy (non-hydrogen) atoms. The minimum Gasteiger partial charge on any atom is -0.409 e. The molecular weight excluding hydrogens is 244 g/mol. The minimum atomic E-state index is -0.438. The molecule has 0 bridgehead atoms. The lowest BCUT2D eigenvalue weighted by molar-refractivity contribution is 0.161. The van der Waals surface area contributed by atoms with Gasteiger partial charge in [0.2, 0.25) is 0 Å². The molecule has 2 heterocycles. The predicted molar refractivity (Wildman–Crippen MR) is 73.3 cm³/mol. The van der Waals surface area contributed by atoms with Crippen molar-refractivity contribution in [2.24, 2.45) is 10.9 Å². The van der Waals surface area contributed by atoms with Crippen LogP contribution >= 0.6 is 0 Å². The highest BCUT2D eigenvalue weighted by Gasteiger charge is 2.33. The summed E-state index contributed by atoms with van der Waals surface area (Å²) in [5.74, 6) is 1.18. The van der Waals surface area contributed by atoms with Crippen LogP contribution in [0.15, 0.2) is 23.7 Å². The summed E-state index contributed by atoms with van der Waals surface area (Å²) in [4.78, 5) is 12.6. The van der Waals surface area contributed by atoms with E-state index in [2.05, 4.69) is 24.9 Å². The fourth-order valence-corrected chi connectivity index (χ4v) is 2.25. The maximum absolute atomic E-state index is 8.84. The highest BCUT2D eigenvalue weighted by molar-refractivity contribution is 5.88. The molecule has 1 aromatic heterocycles. The van der Waals surface area contributed by atoms with Crippen LogP contribution in [0.5, 0.6) is 0 Å². The van der Waals surface area contributed by atoms with Crippen LogP contribution in [-0.4, -0.2) is 57.6 Å². The molecule has 0 atom stereocenters. The Kier molecular flexibility index (Phi) is 3.84. The molecule has 0 aromatic carbocycles. The molecule has 7 heteroatoms. The molecule has 3 N–H and O–H groups in total. The lowest BCUT2D eigenvalue weighted by Crippen LogP contribution is -2.59. The van der Waals surface area contributed by atoms with Crippen molar-refractivity contribution in [3.05, 3.63) is 18.6 Å². The zero-order valence-corrected chi connectivity index (χ0v) is 11.3. The number of nitrogens with zero attached hydrogens (tertiary/aromatic N) is 5. The fourth-order valence-electron chi connectivity index (χ4n) is 2.25. The van der Waals surface area contributed by atoms with Gasteiger partial charge < -0.3 is 15.8 Å². The summed E-state index contributed by atoms with van der Waals surface area (Å²) in [5.41, 5.74) is 5.31.